The van der Waals surface area contributed by atoms with Crippen LogP contribution in [-0.4, -0.2) is 33.3 Å². The van der Waals surface area contributed by atoms with Crippen molar-refractivity contribution in [2.45, 2.75) is 44.3 Å². The molecule has 0 unspecified atom stereocenters. The Labute approximate surface area is 141 Å². The second-order valence-corrected chi connectivity index (χ2v) is 6.77. The Morgan fingerprint density at radius 3 is 2.88 bits per heavy atom. The van der Waals surface area contributed by atoms with Crippen molar-refractivity contribution in [2.75, 3.05) is 6.54 Å². The molecule has 2 heterocycles. The van der Waals surface area contributed by atoms with Gasteiger partial charge in [0.25, 0.3) is 0 Å². The zero-order chi connectivity index (χ0) is 16.4. The minimum Gasteiger partial charge on any atom is -0.348 e. The van der Waals surface area contributed by atoms with Crippen molar-refractivity contribution in [3.8, 4) is 0 Å². The van der Waals surface area contributed by atoms with Crippen molar-refractivity contribution in [1.29, 1.82) is 0 Å². The molecule has 1 aliphatic heterocycles. The van der Waals surface area contributed by atoms with E-state index in [4.69, 9.17) is 0 Å². The molecule has 1 aromatic carbocycles. The molecule has 126 valence electrons. The summed E-state index contributed by atoms with van der Waals surface area (Å²) in [6.07, 6.45) is 5.91. The maximum Gasteiger partial charge on any atom is 0.234 e. The largest absolute Gasteiger partial charge is 0.348 e. The van der Waals surface area contributed by atoms with Crippen LogP contribution in [-0.2, 0) is 17.8 Å². The molecule has 1 aromatic heterocycles. The molecular formula is C18H23N5O. The third-order valence-corrected chi connectivity index (χ3v) is 4.93. The molecule has 1 amide bonds. The highest BCUT2D eigenvalue weighted by Crippen LogP contribution is 2.40. The van der Waals surface area contributed by atoms with Gasteiger partial charge in [0.2, 0.25) is 5.91 Å². The van der Waals surface area contributed by atoms with Crippen LogP contribution >= 0.6 is 0 Å². The number of hydrogen-bond acceptors (Lipinski definition) is 4. The highest BCUT2D eigenvalue weighted by molar-refractivity contribution is 5.78. The molecule has 2 aromatic rings. The van der Waals surface area contributed by atoms with Crippen molar-refractivity contribution >= 4 is 5.91 Å². The molecule has 1 saturated carbocycles. The smallest absolute Gasteiger partial charge is 0.234 e. The maximum atomic E-state index is 12.4. The Bertz CT molecular complexity index is 694. The van der Waals surface area contributed by atoms with E-state index < -0.39 is 0 Å². The number of benzene rings is 1. The van der Waals surface area contributed by atoms with Gasteiger partial charge in [0.05, 0.1) is 19.1 Å². The molecule has 4 rings (SSSR count). The third-order valence-electron chi connectivity index (χ3n) is 4.93. The zero-order valence-electron chi connectivity index (χ0n) is 13.7. The lowest BCUT2D eigenvalue weighted by Gasteiger charge is -2.24. The van der Waals surface area contributed by atoms with Crippen LogP contribution in [0.25, 0.3) is 0 Å². The van der Waals surface area contributed by atoms with Crippen LogP contribution in [0.15, 0.2) is 36.7 Å². The predicted octanol–water partition coefficient (Wildman–Crippen LogP) is 1.45. The van der Waals surface area contributed by atoms with Crippen molar-refractivity contribution in [3.05, 3.63) is 48.0 Å². The number of aromatic nitrogens is 3. The van der Waals surface area contributed by atoms with Gasteiger partial charge in [0.15, 0.2) is 0 Å². The second-order valence-electron chi connectivity index (χ2n) is 6.77. The van der Waals surface area contributed by atoms with Crippen molar-refractivity contribution in [1.82, 2.24) is 25.4 Å². The van der Waals surface area contributed by atoms with Gasteiger partial charge in [-0.2, -0.15) is 5.10 Å². The lowest BCUT2D eigenvalue weighted by Crippen LogP contribution is -2.44. The van der Waals surface area contributed by atoms with E-state index in [1.807, 2.05) is 22.9 Å². The van der Waals surface area contributed by atoms with Gasteiger partial charge in [-0.25, -0.2) is 9.67 Å². The summed E-state index contributed by atoms with van der Waals surface area (Å²) in [6, 6.07) is 10.7. The van der Waals surface area contributed by atoms with Crippen LogP contribution < -0.4 is 10.6 Å². The molecular weight excluding hydrogens is 302 g/mol. The predicted molar refractivity (Wildman–Crippen MR) is 90.2 cm³/mol. The van der Waals surface area contributed by atoms with E-state index in [1.165, 1.54) is 18.4 Å². The fourth-order valence-electron chi connectivity index (χ4n) is 3.43. The fraction of sp³-hybridized carbons (Fsp3) is 0.500. The lowest BCUT2D eigenvalue weighted by molar-refractivity contribution is -0.121. The molecule has 0 radical (unpaired) electrons. The molecule has 24 heavy (non-hydrogen) atoms. The van der Waals surface area contributed by atoms with Crippen LogP contribution in [0.4, 0.5) is 0 Å². The number of fused-ring (bicyclic) bond motifs is 1. The number of aryl methyl sites for hydroxylation is 1. The van der Waals surface area contributed by atoms with E-state index >= 15 is 0 Å². The summed E-state index contributed by atoms with van der Waals surface area (Å²) >= 11 is 0. The van der Waals surface area contributed by atoms with Gasteiger partial charge in [-0.05, 0) is 30.7 Å². The number of carbonyl (C=O) groups is 1. The van der Waals surface area contributed by atoms with Gasteiger partial charge in [-0.15, -0.1) is 0 Å². The zero-order valence-corrected chi connectivity index (χ0v) is 13.7. The Morgan fingerprint density at radius 1 is 1.25 bits per heavy atom. The van der Waals surface area contributed by atoms with Gasteiger partial charge in [0.1, 0.15) is 12.2 Å². The summed E-state index contributed by atoms with van der Waals surface area (Å²) < 4.78 is 1.93. The molecule has 0 saturated heterocycles. The number of carbonyl (C=O) groups excluding carboxylic acids is 1. The summed E-state index contributed by atoms with van der Waals surface area (Å²) in [6.45, 7) is 1.14. The molecule has 6 nitrogen and oxygen atoms in total. The van der Waals surface area contributed by atoms with Crippen LogP contribution in [0.3, 0.4) is 0 Å². The first kappa shape index (κ1) is 15.3. The van der Waals surface area contributed by atoms with Gasteiger partial charge in [0, 0.05) is 12.5 Å². The average Bonchev–Trinajstić information content (AvgIpc) is 3.35. The molecule has 2 atom stereocenters. The minimum absolute atomic E-state index is 0.0696. The molecule has 6 heteroatoms. The lowest BCUT2D eigenvalue weighted by atomic mass is 10.0. The molecule has 1 aliphatic carbocycles. The van der Waals surface area contributed by atoms with Crippen LogP contribution in [0.5, 0.6) is 0 Å². The van der Waals surface area contributed by atoms with Gasteiger partial charge in [-0.1, -0.05) is 30.3 Å². The Hall–Kier alpha value is -2.21. The second kappa shape index (κ2) is 6.73. The summed E-state index contributed by atoms with van der Waals surface area (Å²) in [5.41, 5.74) is 1.21. The number of hydrogen-bond donors (Lipinski definition) is 2. The normalized spacial score (nSPS) is 21.1. The van der Waals surface area contributed by atoms with E-state index in [0.29, 0.717) is 12.5 Å². The molecule has 1 fully saturated rings. The number of nitrogens with one attached hydrogen (secondary N) is 2. The van der Waals surface area contributed by atoms with E-state index in [-0.39, 0.29) is 18.0 Å². The molecule has 0 spiro atoms. The van der Waals surface area contributed by atoms with E-state index in [2.05, 4.69) is 32.8 Å². The number of nitrogens with zero attached hydrogens (tertiary/aromatic N) is 3. The van der Waals surface area contributed by atoms with E-state index in [0.717, 1.165) is 25.2 Å². The molecule has 2 aliphatic rings. The highest BCUT2D eigenvalue weighted by atomic mass is 16.2. The maximum absolute atomic E-state index is 12.4. The van der Waals surface area contributed by atoms with Crippen LogP contribution in [0, 0.1) is 5.92 Å². The van der Waals surface area contributed by atoms with E-state index in [9.17, 15) is 4.79 Å². The highest BCUT2D eigenvalue weighted by Gasteiger charge is 2.33. The summed E-state index contributed by atoms with van der Waals surface area (Å²) in [5.74, 6) is 1.69. The van der Waals surface area contributed by atoms with Gasteiger partial charge in [-0.3, -0.25) is 4.79 Å². The fourth-order valence-corrected chi connectivity index (χ4v) is 3.43. The van der Waals surface area contributed by atoms with Crippen LogP contribution in [0.1, 0.15) is 36.7 Å². The third kappa shape index (κ3) is 3.48. The quantitative estimate of drug-likeness (QED) is 0.843. The number of rotatable bonds is 6. The average molecular weight is 325 g/mol. The minimum atomic E-state index is 0.0696. The van der Waals surface area contributed by atoms with Crippen LogP contribution in [0.2, 0.25) is 0 Å². The summed E-state index contributed by atoms with van der Waals surface area (Å²) in [5, 5.41) is 10.8. The molecule has 0 bridgehead atoms. The monoisotopic (exact) mass is 325 g/mol. The molecule has 2 N–H and O–H groups in total. The first-order valence-corrected chi connectivity index (χ1v) is 8.74. The number of amides is 1. The first-order valence-electron chi connectivity index (χ1n) is 8.74. The topological polar surface area (TPSA) is 71.8 Å². The summed E-state index contributed by atoms with van der Waals surface area (Å²) in [4.78, 5) is 16.6. The first-order chi connectivity index (χ1) is 11.8. The summed E-state index contributed by atoms with van der Waals surface area (Å²) in [7, 11) is 0. The van der Waals surface area contributed by atoms with Gasteiger partial charge < -0.3 is 10.6 Å². The Balaban J connectivity index is 1.30. The van der Waals surface area contributed by atoms with Gasteiger partial charge >= 0.3 is 0 Å². The standard InChI is InChI=1S/C18H23N5O/c24-17(10-19-15-8-9-16-20-12-21-23(16)11-15)22-18(14-6-7-14)13-4-2-1-3-5-13/h1-5,12,14-15,18-19H,6-11H2,(H,22,24)/t15-,18+/m1/s1. The Kier molecular flexibility index (Phi) is 4.30. The Morgan fingerprint density at radius 2 is 2.08 bits per heavy atom. The van der Waals surface area contributed by atoms with E-state index in [1.54, 1.807) is 6.33 Å². The van der Waals surface area contributed by atoms with Crippen molar-refractivity contribution < 1.29 is 4.79 Å². The van der Waals surface area contributed by atoms with Crippen molar-refractivity contribution in [2.24, 2.45) is 5.92 Å². The van der Waals surface area contributed by atoms with Crippen molar-refractivity contribution in [3.63, 3.8) is 0 Å². The SMILES string of the molecule is O=C(CN[C@@H]1CCc2ncnn2C1)N[C@@H](c1ccccc1)C1CC1.